The molecule has 1 aromatic carbocycles. The van der Waals surface area contributed by atoms with E-state index in [1.807, 2.05) is 32.0 Å². The van der Waals surface area contributed by atoms with Crippen molar-refractivity contribution in [2.45, 2.75) is 45.2 Å². The summed E-state index contributed by atoms with van der Waals surface area (Å²) in [5.41, 5.74) is 4.24. The van der Waals surface area contributed by atoms with E-state index in [1.165, 1.54) is 0 Å². The van der Waals surface area contributed by atoms with Crippen LogP contribution in [0.1, 0.15) is 30.7 Å². The maximum atomic E-state index is 12.7. The number of carbonyl (C=O) groups excluding carboxylic acids is 2. The van der Waals surface area contributed by atoms with Crippen LogP contribution in [-0.4, -0.2) is 54.1 Å². The van der Waals surface area contributed by atoms with Crippen molar-refractivity contribution < 1.29 is 14.1 Å². The van der Waals surface area contributed by atoms with Gasteiger partial charge in [-0.3, -0.25) is 9.59 Å². The van der Waals surface area contributed by atoms with Crippen LogP contribution in [-0.2, 0) is 9.59 Å². The fraction of sp³-hybridized carbons (Fsp3) is 0.476. The van der Waals surface area contributed by atoms with Crippen molar-refractivity contribution in [2.75, 3.05) is 30.8 Å². The highest BCUT2D eigenvalue weighted by Crippen LogP contribution is 2.33. The Balaban J connectivity index is 1.63. The van der Waals surface area contributed by atoms with Crippen LogP contribution in [0.15, 0.2) is 22.7 Å². The average molecular weight is 397 g/mol. The molecule has 0 bridgehead atoms. The number of amides is 2. The van der Waals surface area contributed by atoms with Crippen LogP contribution in [0.5, 0.6) is 0 Å². The van der Waals surface area contributed by atoms with Gasteiger partial charge in [0.2, 0.25) is 11.8 Å². The minimum absolute atomic E-state index is 0.0815. The lowest BCUT2D eigenvalue weighted by Crippen LogP contribution is -2.37. The fourth-order valence-electron chi connectivity index (χ4n) is 4.13. The van der Waals surface area contributed by atoms with Crippen molar-refractivity contribution in [2.24, 2.45) is 0 Å². The Kier molecular flexibility index (Phi) is 5.27. The monoisotopic (exact) mass is 397 g/mol. The number of likely N-dealkylation sites (N-methyl/N-ethyl adjacent to an activating group) is 1. The van der Waals surface area contributed by atoms with Crippen LogP contribution in [0.4, 0.5) is 11.4 Å². The van der Waals surface area contributed by atoms with Gasteiger partial charge in [0.1, 0.15) is 11.8 Å². The summed E-state index contributed by atoms with van der Waals surface area (Å²) in [6.45, 7) is 5.78. The molecule has 0 radical (unpaired) electrons. The van der Waals surface area contributed by atoms with Crippen molar-refractivity contribution in [3.63, 3.8) is 0 Å². The number of benzene rings is 1. The van der Waals surface area contributed by atoms with Gasteiger partial charge < -0.3 is 25.4 Å². The number of anilines is 2. The SMILES string of the molecule is Cc1noc(C)c1-c1ccc(NC2CCN(C)C2)c(NC(=O)[C@@H]2CCC(=O)N2)c1. The zero-order valence-corrected chi connectivity index (χ0v) is 17.0. The molecule has 1 unspecified atom stereocenters. The van der Waals surface area contributed by atoms with E-state index >= 15 is 0 Å². The molecule has 8 nitrogen and oxygen atoms in total. The largest absolute Gasteiger partial charge is 0.379 e. The first-order valence-electron chi connectivity index (χ1n) is 10.0. The molecule has 2 saturated heterocycles. The van der Waals surface area contributed by atoms with Crippen LogP contribution in [0.25, 0.3) is 11.1 Å². The summed E-state index contributed by atoms with van der Waals surface area (Å²) in [5.74, 6) is 0.460. The number of aromatic nitrogens is 1. The molecule has 2 amide bonds. The molecule has 0 aliphatic carbocycles. The predicted molar refractivity (Wildman–Crippen MR) is 111 cm³/mol. The van der Waals surface area contributed by atoms with Gasteiger partial charge in [-0.15, -0.1) is 0 Å². The fourth-order valence-corrected chi connectivity index (χ4v) is 4.13. The minimum atomic E-state index is -0.490. The van der Waals surface area contributed by atoms with E-state index in [2.05, 4.69) is 33.1 Å². The summed E-state index contributed by atoms with van der Waals surface area (Å²) in [7, 11) is 2.10. The van der Waals surface area contributed by atoms with Gasteiger partial charge in [-0.1, -0.05) is 11.2 Å². The zero-order chi connectivity index (χ0) is 20.5. The van der Waals surface area contributed by atoms with E-state index in [9.17, 15) is 9.59 Å². The number of likely N-dealkylation sites (tertiary alicyclic amines) is 1. The van der Waals surface area contributed by atoms with Crippen molar-refractivity contribution >= 4 is 23.2 Å². The lowest BCUT2D eigenvalue weighted by atomic mass is 10.0. The molecule has 2 aliphatic heterocycles. The van der Waals surface area contributed by atoms with Crippen LogP contribution < -0.4 is 16.0 Å². The van der Waals surface area contributed by atoms with E-state index in [-0.39, 0.29) is 11.8 Å². The molecular formula is C21H27N5O3. The second-order valence-corrected chi connectivity index (χ2v) is 8.00. The molecule has 0 saturated carbocycles. The van der Waals surface area contributed by atoms with Gasteiger partial charge in [-0.2, -0.15) is 0 Å². The molecular weight excluding hydrogens is 370 g/mol. The zero-order valence-electron chi connectivity index (χ0n) is 17.0. The second-order valence-electron chi connectivity index (χ2n) is 8.00. The molecule has 3 heterocycles. The molecule has 2 fully saturated rings. The third kappa shape index (κ3) is 4.12. The molecule has 8 heteroatoms. The number of nitrogens with one attached hydrogen (secondary N) is 3. The average Bonchev–Trinajstić information content (AvgIpc) is 3.38. The first-order valence-corrected chi connectivity index (χ1v) is 10.0. The maximum Gasteiger partial charge on any atom is 0.247 e. The van der Waals surface area contributed by atoms with Gasteiger partial charge in [0.15, 0.2) is 0 Å². The van der Waals surface area contributed by atoms with Gasteiger partial charge in [-0.25, -0.2) is 0 Å². The van der Waals surface area contributed by atoms with Gasteiger partial charge in [0, 0.05) is 24.6 Å². The van der Waals surface area contributed by atoms with Crippen molar-refractivity contribution in [3.05, 3.63) is 29.7 Å². The number of hydrogen-bond acceptors (Lipinski definition) is 6. The topological polar surface area (TPSA) is 99.5 Å². The number of carbonyl (C=O) groups is 2. The lowest BCUT2D eigenvalue weighted by Gasteiger charge is -2.20. The van der Waals surface area contributed by atoms with Crippen LogP contribution in [0, 0.1) is 13.8 Å². The number of rotatable bonds is 5. The standard InChI is InChI=1S/C21H27N5O3/c1-12-20(13(2)29-25-12)14-4-5-16(22-15-8-9-26(3)11-15)18(10-14)24-21(28)17-6-7-19(27)23-17/h4-5,10,15,17,22H,6-9,11H2,1-3H3,(H,23,27)(H,24,28)/t15?,17-/m0/s1. The Morgan fingerprint density at radius 1 is 1.28 bits per heavy atom. The molecule has 2 atom stereocenters. The molecule has 0 spiro atoms. The van der Waals surface area contributed by atoms with Gasteiger partial charge >= 0.3 is 0 Å². The Hall–Kier alpha value is -2.87. The number of aryl methyl sites for hydroxylation is 2. The van der Waals surface area contributed by atoms with Crippen molar-refractivity contribution in [1.82, 2.24) is 15.4 Å². The lowest BCUT2D eigenvalue weighted by molar-refractivity contribution is -0.122. The first kappa shape index (κ1) is 19.4. The Labute approximate surface area is 170 Å². The molecule has 154 valence electrons. The molecule has 2 aliphatic rings. The van der Waals surface area contributed by atoms with E-state index in [1.54, 1.807) is 0 Å². The Bertz CT molecular complexity index is 919. The number of hydrogen-bond donors (Lipinski definition) is 3. The minimum Gasteiger partial charge on any atom is -0.379 e. The van der Waals surface area contributed by atoms with E-state index in [4.69, 9.17) is 4.52 Å². The normalized spacial score (nSPS) is 22.0. The van der Waals surface area contributed by atoms with Crippen molar-refractivity contribution in [3.8, 4) is 11.1 Å². The second kappa shape index (κ2) is 7.87. The van der Waals surface area contributed by atoms with E-state index < -0.39 is 6.04 Å². The summed E-state index contributed by atoms with van der Waals surface area (Å²) in [6, 6.07) is 5.79. The smallest absolute Gasteiger partial charge is 0.247 e. The van der Waals surface area contributed by atoms with E-state index in [0.717, 1.165) is 47.8 Å². The maximum absolute atomic E-state index is 12.7. The Morgan fingerprint density at radius 3 is 2.72 bits per heavy atom. The summed E-state index contributed by atoms with van der Waals surface area (Å²) in [5, 5.41) is 13.3. The van der Waals surface area contributed by atoms with Crippen molar-refractivity contribution in [1.29, 1.82) is 0 Å². The third-order valence-electron chi connectivity index (χ3n) is 5.66. The Morgan fingerprint density at radius 2 is 2.10 bits per heavy atom. The number of nitrogens with zero attached hydrogens (tertiary/aromatic N) is 2. The third-order valence-corrected chi connectivity index (χ3v) is 5.66. The highest BCUT2D eigenvalue weighted by molar-refractivity contribution is 6.01. The molecule has 3 N–H and O–H groups in total. The molecule has 1 aromatic heterocycles. The highest BCUT2D eigenvalue weighted by atomic mass is 16.5. The van der Waals surface area contributed by atoms with Crippen LogP contribution in [0.2, 0.25) is 0 Å². The highest BCUT2D eigenvalue weighted by Gasteiger charge is 2.28. The van der Waals surface area contributed by atoms with E-state index in [0.29, 0.717) is 24.6 Å². The molecule has 29 heavy (non-hydrogen) atoms. The summed E-state index contributed by atoms with van der Waals surface area (Å²) < 4.78 is 5.31. The van der Waals surface area contributed by atoms with Crippen LogP contribution in [0.3, 0.4) is 0 Å². The molecule has 2 aromatic rings. The van der Waals surface area contributed by atoms with Gasteiger partial charge in [0.25, 0.3) is 0 Å². The first-order chi connectivity index (χ1) is 13.9. The molecule has 4 rings (SSSR count). The summed E-state index contributed by atoms with van der Waals surface area (Å²) in [4.78, 5) is 26.5. The summed E-state index contributed by atoms with van der Waals surface area (Å²) >= 11 is 0. The quantitative estimate of drug-likeness (QED) is 0.716. The summed E-state index contributed by atoms with van der Waals surface area (Å²) in [6.07, 6.45) is 1.95. The van der Waals surface area contributed by atoms with Gasteiger partial charge in [-0.05, 0) is 58.0 Å². The predicted octanol–water partition coefficient (Wildman–Crippen LogP) is 2.29. The van der Waals surface area contributed by atoms with Crippen LogP contribution >= 0.6 is 0 Å². The van der Waals surface area contributed by atoms with Gasteiger partial charge in [0.05, 0.1) is 17.1 Å².